The molecule has 1 aliphatic carbocycles. The van der Waals surface area contributed by atoms with Crippen molar-refractivity contribution >= 4 is 17.5 Å². The number of carbonyl (C=O) groups excluding carboxylic acids is 2. The zero-order chi connectivity index (χ0) is 14.6. The summed E-state index contributed by atoms with van der Waals surface area (Å²) in [5.41, 5.74) is 1.06. The lowest BCUT2D eigenvalue weighted by Crippen LogP contribution is -2.40. The summed E-state index contributed by atoms with van der Waals surface area (Å²) >= 11 is 0. The van der Waals surface area contributed by atoms with Gasteiger partial charge >= 0.3 is 0 Å². The van der Waals surface area contributed by atoms with Gasteiger partial charge < -0.3 is 10.6 Å². The number of rotatable bonds is 6. The number of anilines is 1. The van der Waals surface area contributed by atoms with E-state index in [-0.39, 0.29) is 11.8 Å². The minimum absolute atomic E-state index is 0.208. The predicted molar refractivity (Wildman–Crippen MR) is 79.3 cm³/mol. The highest BCUT2D eigenvalue weighted by Gasteiger charge is 2.56. The van der Waals surface area contributed by atoms with Crippen LogP contribution in [0.25, 0.3) is 0 Å². The average molecular weight is 272 g/mol. The minimum atomic E-state index is -0.883. The average Bonchev–Trinajstić information content (AvgIpc) is 3.27. The second-order valence-electron chi connectivity index (χ2n) is 5.09. The highest BCUT2D eigenvalue weighted by Crippen LogP contribution is 2.46. The van der Waals surface area contributed by atoms with E-state index in [1.165, 1.54) is 5.56 Å². The molecule has 1 saturated carbocycles. The largest absolute Gasteiger partial charge is 0.352 e. The van der Waals surface area contributed by atoms with Crippen LogP contribution in [0.4, 0.5) is 5.69 Å². The number of carbonyl (C=O) groups is 2. The minimum Gasteiger partial charge on any atom is -0.352 e. The van der Waals surface area contributed by atoms with Gasteiger partial charge in [0.15, 0.2) is 0 Å². The first-order chi connectivity index (χ1) is 9.62. The molecule has 2 N–H and O–H groups in total. The number of aryl methyl sites for hydroxylation is 1. The third-order valence-electron chi connectivity index (χ3n) is 3.65. The van der Waals surface area contributed by atoms with E-state index in [1.54, 1.807) is 6.08 Å². The smallest absolute Gasteiger partial charge is 0.240 e. The molecule has 1 aromatic carbocycles. The van der Waals surface area contributed by atoms with Gasteiger partial charge in [0.2, 0.25) is 11.8 Å². The van der Waals surface area contributed by atoms with Gasteiger partial charge in [0.1, 0.15) is 5.41 Å². The van der Waals surface area contributed by atoms with Gasteiger partial charge in [-0.15, -0.1) is 6.58 Å². The van der Waals surface area contributed by atoms with Crippen LogP contribution in [0.3, 0.4) is 0 Å². The maximum Gasteiger partial charge on any atom is 0.240 e. The number of amides is 2. The summed E-state index contributed by atoms with van der Waals surface area (Å²) in [5, 5.41) is 5.53. The molecule has 4 heteroatoms. The first-order valence-electron chi connectivity index (χ1n) is 6.92. The molecule has 0 radical (unpaired) electrons. The normalized spacial score (nSPS) is 15.2. The lowest BCUT2D eigenvalue weighted by Gasteiger charge is -2.15. The lowest BCUT2D eigenvalue weighted by atomic mass is 10.0. The summed E-state index contributed by atoms with van der Waals surface area (Å²) in [6, 6.07) is 7.70. The molecule has 106 valence electrons. The van der Waals surface area contributed by atoms with Crippen LogP contribution in [0.15, 0.2) is 36.9 Å². The Balaban J connectivity index is 2.00. The van der Waals surface area contributed by atoms with Gasteiger partial charge in [0.25, 0.3) is 0 Å². The van der Waals surface area contributed by atoms with E-state index >= 15 is 0 Å². The lowest BCUT2D eigenvalue weighted by molar-refractivity contribution is -0.134. The van der Waals surface area contributed by atoms with Crippen molar-refractivity contribution < 1.29 is 9.59 Å². The van der Waals surface area contributed by atoms with Crippen LogP contribution in [0.5, 0.6) is 0 Å². The number of hydrogen-bond acceptors (Lipinski definition) is 2. The van der Waals surface area contributed by atoms with Crippen LogP contribution in [0.2, 0.25) is 0 Å². The maximum absolute atomic E-state index is 12.3. The summed E-state index contributed by atoms with van der Waals surface area (Å²) in [5.74, 6) is -0.427. The molecule has 0 aromatic heterocycles. The van der Waals surface area contributed by atoms with Crippen LogP contribution in [-0.4, -0.2) is 18.4 Å². The van der Waals surface area contributed by atoms with E-state index in [2.05, 4.69) is 24.1 Å². The van der Waals surface area contributed by atoms with Crippen LogP contribution in [-0.2, 0) is 16.0 Å². The molecular weight excluding hydrogens is 252 g/mol. The standard InChI is InChI=1S/C16H20N2O2/c1-3-11-17-14(19)16(9-10-16)15(20)18-13-7-5-12(4-2)6-8-13/h3,5-8H,1,4,9-11H2,2H3,(H,17,19)(H,18,20). The van der Waals surface area contributed by atoms with Crippen molar-refractivity contribution in [3.05, 3.63) is 42.5 Å². The van der Waals surface area contributed by atoms with Gasteiger partial charge in [0, 0.05) is 12.2 Å². The predicted octanol–water partition coefficient (Wildman–Crippen LogP) is 2.27. The van der Waals surface area contributed by atoms with Crippen molar-refractivity contribution in [2.75, 3.05) is 11.9 Å². The summed E-state index contributed by atoms with van der Waals surface area (Å²) in [6.45, 7) is 6.02. The summed E-state index contributed by atoms with van der Waals surface area (Å²) < 4.78 is 0. The molecule has 1 aliphatic rings. The monoisotopic (exact) mass is 272 g/mol. The molecule has 0 aliphatic heterocycles. The van der Waals surface area contributed by atoms with E-state index < -0.39 is 5.41 Å². The number of hydrogen-bond donors (Lipinski definition) is 2. The molecule has 1 aromatic rings. The molecule has 1 fully saturated rings. The van der Waals surface area contributed by atoms with Crippen LogP contribution in [0, 0.1) is 5.41 Å². The van der Waals surface area contributed by atoms with E-state index in [1.807, 2.05) is 24.3 Å². The van der Waals surface area contributed by atoms with Gasteiger partial charge in [-0.05, 0) is 37.0 Å². The Hall–Kier alpha value is -2.10. The van der Waals surface area contributed by atoms with Gasteiger partial charge in [0.05, 0.1) is 0 Å². The van der Waals surface area contributed by atoms with Crippen molar-refractivity contribution in [3.63, 3.8) is 0 Å². The molecule has 0 heterocycles. The quantitative estimate of drug-likeness (QED) is 0.616. The van der Waals surface area contributed by atoms with Crippen molar-refractivity contribution in [3.8, 4) is 0 Å². The molecule has 2 amide bonds. The Morgan fingerprint density at radius 1 is 1.25 bits per heavy atom. The van der Waals surface area contributed by atoms with Crippen molar-refractivity contribution in [2.24, 2.45) is 5.41 Å². The Kier molecular flexibility index (Phi) is 4.23. The van der Waals surface area contributed by atoms with Gasteiger partial charge in [-0.3, -0.25) is 9.59 Å². The summed E-state index contributed by atoms with van der Waals surface area (Å²) in [7, 11) is 0. The van der Waals surface area contributed by atoms with Crippen molar-refractivity contribution in [1.82, 2.24) is 5.32 Å². The number of nitrogens with one attached hydrogen (secondary N) is 2. The molecular formula is C16H20N2O2. The molecule has 0 unspecified atom stereocenters. The van der Waals surface area contributed by atoms with E-state index in [4.69, 9.17) is 0 Å². The summed E-state index contributed by atoms with van der Waals surface area (Å²) in [4.78, 5) is 24.3. The first-order valence-corrected chi connectivity index (χ1v) is 6.92. The van der Waals surface area contributed by atoms with E-state index in [0.717, 1.165) is 12.1 Å². The van der Waals surface area contributed by atoms with Crippen molar-refractivity contribution in [1.29, 1.82) is 0 Å². The summed E-state index contributed by atoms with van der Waals surface area (Å²) in [6.07, 6.45) is 3.78. The fraction of sp³-hybridized carbons (Fsp3) is 0.375. The van der Waals surface area contributed by atoms with Crippen LogP contribution >= 0.6 is 0 Å². The van der Waals surface area contributed by atoms with Gasteiger partial charge in [-0.2, -0.15) is 0 Å². The van der Waals surface area contributed by atoms with E-state index in [0.29, 0.717) is 19.4 Å². The SMILES string of the molecule is C=CCNC(=O)C1(C(=O)Nc2ccc(CC)cc2)CC1. The fourth-order valence-electron chi connectivity index (χ4n) is 2.09. The molecule has 0 spiro atoms. The highest BCUT2D eigenvalue weighted by molar-refractivity contribution is 6.13. The topological polar surface area (TPSA) is 58.2 Å². The molecule has 0 bridgehead atoms. The molecule has 2 rings (SSSR count). The Labute approximate surface area is 119 Å². The second kappa shape index (κ2) is 5.90. The second-order valence-corrected chi connectivity index (χ2v) is 5.09. The fourth-order valence-corrected chi connectivity index (χ4v) is 2.09. The third kappa shape index (κ3) is 2.90. The molecule has 0 atom stereocenters. The Morgan fingerprint density at radius 3 is 2.40 bits per heavy atom. The zero-order valence-electron chi connectivity index (χ0n) is 11.7. The van der Waals surface area contributed by atoms with Gasteiger partial charge in [-0.1, -0.05) is 25.1 Å². The first kappa shape index (κ1) is 14.3. The number of benzene rings is 1. The Bertz CT molecular complexity index is 516. The van der Waals surface area contributed by atoms with Crippen molar-refractivity contribution in [2.45, 2.75) is 26.2 Å². The third-order valence-corrected chi connectivity index (χ3v) is 3.65. The van der Waals surface area contributed by atoms with Gasteiger partial charge in [-0.25, -0.2) is 0 Å². The maximum atomic E-state index is 12.3. The van der Waals surface area contributed by atoms with E-state index in [9.17, 15) is 9.59 Å². The Morgan fingerprint density at radius 2 is 1.90 bits per heavy atom. The molecule has 0 saturated heterocycles. The molecule has 20 heavy (non-hydrogen) atoms. The van der Waals surface area contributed by atoms with Crippen LogP contribution in [0.1, 0.15) is 25.3 Å². The highest BCUT2D eigenvalue weighted by atomic mass is 16.2. The molecule has 4 nitrogen and oxygen atoms in total. The van der Waals surface area contributed by atoms with Crippen LogP contribution < -0.4 is 10.6 Å². The zero-order valence-corrected chi connectivity index (χ0v) is 11.7.